The lowest BCUT2D eigenvalue weighted by atomic mass is 9.81. The molecular weight excluding hydrogens is 316 g/mol. The number of aryl methyl sites for hydroxylation is 1. The van der Waals surface area contributed by atoms with E-state index in [1.165, 1.54) is 10.5 Å². The summed E-state index contributed by atoms with van der Waals surface area (Å²) in [6, 6.07) is 10.2. The minimum absolute atomic E-state index is 0.0634. The monoisotopic (exact) mass is 342 g/mol. The lowest BCUT2D eigenvalue weighted by Crippen LogP contribution is -2.35. The average Bonchev–Trinajstić information content (AvgIpc) is 2.89. The van der Waals surface area contributed by atoms with Crippen LogP contribution in [-0.2, 0) is 20.8 Å². The number of imide groups is 1. The number of carbonyl (C=O) groups excluding carboxylic acids is 3. The van der Waals surface area contributed by atoms with Gasteiger partial charge in [0.05, 0.1) is 11.8 Å². The molecule has 5 nitrogen and oxygen atoms in total. The van der Waals surface area contributed by atoms with Crippen LogP contribution in [0.1, 0.15) is 44.1 Å². The van der Waals surface area contributed by atoms with Gasteiger partial charge in [0.25, 0.3) is 0 Å². The fourth-order valence-electron chi connectivity index (χ4n) is 3.92. The number of nitrogens with one attached hydrogen (secondary N) is 1. The smallest absolute Gasteiger partial charge is 0.233 e. The molecule has 5 heteroatoms. The number of hydrogen-bond donors (Lipinski definition) is 1. The van der Waals surface area contributed by atoms with Crippen molar-refractivity contribution in [3.63, 3.8) is 0 Å². The van der Waals surface area contributed by atoms with E-state index in [-0.39, 0.29) is 42.5 Å². The SMILES string of the molecule is O=C(CCN1C(=O)[C@@H]2CCCC[C@H]2C1=O)NCCCc1ccccc1. The normalized spacial score (nSPS) is 22.8. The van der Waals surface area contributed by atoms with Crippen molar-refractivity contribution < 1.29 is 14.4 Å². The molecule has 0 spiro atoms. The Morgan fingerprint density at radius 1 is 1.04 bits per heavy atom. The predicted molar refractivity (Wildman–Crippen MR) is 94.6 cm³/mol. The third kappa shape index (κ3) is 4.27. The molecule has 25 heavy (non-hydrogen) atoms. The molecule has 0 bridgehead atoms. The van der Waals surface area contributed by atoms with E-state index in [9.17, 15) is 14.4 Å². The third-order valence-corrected chi connectivity index (χ3v) is 5.30. The van der Waals surface area contributed by atoms with Crippen molar-refractivity contribution in [1.29, 1.82) is 0 Å². The van der Waals surface area contributed by atoms with E-state index in [0.29, 0.717) is 6.54 Å². The van der Waals surface area contributed by atoms with Crippen molar-refractivity contribution in [2.24, 2.45) is 11.8 Å². The summed E-state index contributed by atoms with van der Waals surface area (Å²) < 4.78 is 0. The molecule has 1 aliphatic carbocycles. The van der Waals surface area contributed by atoms with Gasteiger partial charge in [-0.2, -0.15) is 0 Å². The molecular formula is C20H26N2O3. The first kappa shape index (κ1) is 17.6. The van der Waals surface area contributed by atoms with Gasteiger partial charge >= 0.3 is 0 Å². The second-order valence-electron chi connectivity index (χ2n) is 7.01. The van der Waals surface area contributed by atoms with Gasteiger partial charge < -0.3 is 5.32 Å². The molecule has 2 aliphatic rings. The molecule has 3 amide bonds. The molecule has 1 heterocycles. The highest BCUT2D eigenvalue weighted by Gasteiger charge is 2.47. The van der Waals surface area contributed by atoms with E-state index >= 15 is 0 Å². The van der Waals surface area contributed by atoms with Gasteiger partial charge in [0.1, 0.15) is 0 Å². The zero-order chi connectivity index (χ0) is 17.6. The maximum Gasteiger partial charge on any atom is 0.233 e. The Labute approximate surface area is 148 Å². The Kier molecular flexibility index (Phi) is 5.84. The van der Waals surface area contributed by atoms with Crippen LogP contribution in [0.2, 0.25) is 0 Å². The lowest BCUT2D eigenvalue weighted by Gasteiger charge is -2.19. The second-order valence-corrected chi connectivity index (χ2v) is 7.01. The molecule has 3 rings (SSSR count). The summed E-state index contributed by atoms with van der Waals surface area (Å²) in [5.41, 5.74) is 1.26. The summed E-state index contributed by atoms with van der Waals surface area (Å²) in [6.07, 6.45) is 5.68. The minimum atomic E-state index is -0.129. The van der Waals surface area contributed by atoms with Crippen molar-refractivity contribution in [3.8, 4) is 0 Å². The molecule has 1 aromatic rings. The number of fused-ring (bicyclic) bond motifs is 1. The quantitative estimate of drug-likeness (QED) is 0.611. The molecule has 0 aromatic heterocycles. The van der Waals surface area contributed by atoms with E-state index in [2.05, 4.69) is 17.4 Å². The van der Waals surface area contributed by atoms with Crippen LogP contribution in [0.3, 0.4) is 0 Å². The van der Waals surface area contributed by atoms with Crippen LogP contribution < -0.4 is 5.32 Å². The summed E-state index contributed by atoms with van der Waals surface area (Å²) in [5.74, 6) is -0.480. The van der Waals surface area contributed by atoms with E-state index < -0.39 is 0 Å². The molecule has 1 aromatic carbocycles. The van der Waals surface area contributed by atoms with Crippen LogP contribution in [-0.4, -0.2) is 35.7 Å². The van der Waals surface area contributed by atoms with Crippen molar-refractivity contribution in [3.05, 3.63) is 35.9 Å². The van der Waals surface area contributed by atoms with Crippen LogP contribution in [0.25, 0.3) is 0 Å². The van der Waals surface area contributed by atoms with Crippen LogP contribution >= 0.6 is 0 Å². The lowest BCUT2D eigenvalue weighted by molar-refractivity contribution is -0.140. The molecule has 134 valence electrons. The van der Waals surface area contributed by atoms with E-state index in [0.717, 1.165) is 38.5 Å². The average molecular weight is 342 g/mol. The summed E-state index contributed by atoms with van der Waals surface area (Å²) >= 11 is 0. The zero-order valence-electron chi connectivity index (χ0n) is 14.6. The largest absolute Gasteiger partial charge is 0.356 e. The second kappa shape index (κ2) is 8.28. The maximum atomic E-state index is 12.4. The van der Waals surface area contributed by atoms with Crippen LogP contribution in [0.4, 0.5) is 0 Å². The summed E-state index contributed by atoms with van der Waals surface area (Å²) in [5, 5.41) is 2.88. The number of hydrogen-bond acceptors (Lipinski definition) is 3. The molecule has 0 radical (unpaired) electrons. The molecule has 1 aliphatic heterocycles. The van der Waals surface area contributed by atoms with Gasteiger partial charge in [-0.25, -0.2) is 0 Å². The van der Waals surface area contributed by atoms with Crippen molar-refractivity contribution >= 4 is 17.7 Å². The minimum Gasteiger partial charge on any atom is -0.356 e. The highest BCUT2D eigenvalue weighted by molar-refractivity contribution is 6.05. The Morgan fingerprint density at radius 3 is 2.32 bits per heavy atom. The number of carbonyl (C=O) groups is 3. The van der Waals surface area contributed by atoms with Gasteiger partial charge in [-0.05, 0) is 31.2 Å². The predicted octanol–water partition coefficient (Wildman–Crippen LogP) is 2.30. The Hall–Kier alpha value is -2.17. The first-order valence-corrected chi connectivity index (χ1v) is 9.32. The van der Waals surface area contributed by atoms with Gasteiger partial charge in [-0.3, -0.25) is 19.3 Å². The molecule has 1 N–H and O–H groups in total. The number of rotatable bonds is 7. The number of benzene rings is 1. The van der Waals surface area contributed by atoms with Crippen LogP contribution in [0.5, 0.6) is 0 Å². The first-order chi connectivity index (χ1) is 12.2. The number of likely N-dealkylation sites (tertiary alicyclic amines) is 1. The highest BCUT2D eigenvalue weighted by Crippen LogP contribution is 2.37. The van der Waals surface area contributed by atoms with Gasteiger partial charge in [0, 0.05) is 19.5 Å². The fourth-order valence-corrected chi connectivity index (χ4v) is 3.92. The number of nitrogens with zero attached hydrogens (tertiary/aromatic N) is 1. The van der Waals surface area contributed by atoms with E-state index in [4.69, 9.17) is 0 Å². The fraction of sp³-hybridized carbons (Fsp3) is 0.550. The highest BCUT2D eigenvalue weighted by atomic mass is 16.2. The van der Waals surface area contributed by atoms with E-state index in [1.807, 2.05) is 18.2 Å². The molecule has 0 unspecified atom stereocenters. The van der Waals surface area contributed by atoms with Gasteiger partial charge in [0.2, 0.25) is 17.7 Å². The van der Waals surface area contributed by atoms with Gasteiger partial charge in [-0.15, -0.1) is 0 Å². The third-order valence-electron chi connectivity index (χ3n) is 5.30. The zero-order valence-corrected chi connectivity index (χ0v) is 14.6. The first-order valence-electron chi connectivity index (χ1n) is 9.32. The van der Waals surface area contributed by atoms with Crippen molar-refractivity contribution in [2.75, 3.05) is 13.1 Å². The molecule has 2 fully saturated rings. The summed E-state index contributed by atoms with van der Waals surface area (Å²) in [6.45, 7) is 0.829. The number of amides is 3. The summed E-state index contributed by atoms with van der Waals surface area (Å²) in [7, 11) is 0. The molecule has 2 atom stereocenters. The standard InChI is InChI=1S/C20H26N2O3/c23-18(21-13-6-9-15-7-2-1-3-8-15)12-14-22-19(24)16-10-4-5-11-17(16)20(22)25/h1-3,7-8,16-17H,4-6,9-14H2,(H,21,23)/t16-,17-/m1/s1. The van der Waals surface area contributed by atoms with E-state index in [1.54, 1.807) is 0 Å². The van der Waals surface area contributed by atoms with Crippen molar-refractivity contribution in [2.45, 2.75) is 44.9 Å². The molecule has 1 saturated carbocycles. The topological polar surface area (TPSA) is 66.5 Å². The maximum absolute atomic E-state index is 12.4. The Balaban J connectivity index is 1.37. The van der Waals surface area contributed by atoms with Gasteiger partial charge in [0.15, 0.2) is 0 Å². The summed E-state index contributed by atoms with van der Waals surface area (Å²) in [4.78, 5) is 38.0. The van der Waals surface area contributed by atoms with Crippen LogP contribution in [0.15, 0.2) is 30.3 Å². The van der Waals surface area contributed by atoms with Gasteiger partial charge in [-0.1, -0.05) is 43.2 Å². The molecule has 1 saturated heterocycles. The Bertz CT molecular complexity index is 605. The van der Waals surface area contributed by atoms with Crippen molar-refractivity contribution in [1.82, 2.24) is 10.2 Å². The Morgan fingerprint density at radius 2 is 1.68 bits per heavy atom. The van der Waals surface area contributed by atoms with Crippen LogP contribution in [0, 0.1) is 11.8 Å².